The molecule has 2 aromatic carbocycles. The second-order valence-corrected chi connectivity index (χ2v) is 11.1. The maximum atomic E-state index is 13.2. The number of hydrogen-bond donors (Lipinski definition) is 0. The van der Waals surface area contributed by atoms with Gasteiger partial charge < -0.3 is 4.74 Å². The molecule has 9 heteroatoms. The van der Waals surface area contributed by atoms with E-state index >= 15 is 0 Å². The van der Waals surface area contributed by atoms with Gasteiger partial charge in [0.05, 0.1) is 11.7 Å². The summed E-state index contributed by atoms with van der Waals surface area (Å²) in [6.45, 7) is 1.52. The van der Waals surface area contributed by atoms with E-state index in [9.17, 15) is 26.4 Å². The molecule has 0 aromatic heterocycles. The highest BCUT2D eigenvalue weighted by molar-refractivity contribution is 7.90. The molecule has 0 amide bonds. The Hall–Kier alpha value is -2.23. The van der Waals surface area contributed by atoms with Crippen LogP contribution in [0.15, 0.2) is 48.5 Å². The highest BCUT2D eigenvalue weighted by Crippen LogP contribution is 2.57. The molecular weight excluding hydrogens is 443 g/mol. The number of alkyl halides is 3. The third-order valence-electron chi connectivity index (χ3n) is 6.96. The zero-order chi connectivity index (χ0) is 22.9. The summed E-state index contributed by atoms with van der Waals surface area (Å²) in [7, 11) is -3.69. The lowest BCUT2D eigenvalue weighted by molar-refractivity contribution is -0.137. The van der Waals surface area contributed by atoms with Gasteiger partial charge in [0, 0.05) is 24.6 Å². The zero-order valence-electron chi connectivity index (χ0n) is 17.3. The van der Waals surface area contributed by atoms with Gasteiger partial charge in [-0.25, -0.2) is 8.42 Å². The van der Waals surface area contributed by atoms with Gasteiger partial charge in [0.25, 0.3) is 0 Å². The Morgan fingerprint density at radius 2 is 1.91 bits per heavy atom. The van der Waals surface area contributed by atoms with E-state index in [4.69, 9.17) is 4.74 Å². The first-order valence-corrected chi connectivity index (χ1v) is 11.9. The molecule has 4 atom stereocenters. The maximum absolute atomic E-state index is 13.2. The zero-order valence-corrected chi connectivity index (χ0v) is 18.1. The van der Waals surface area contributed by atoms with Gasteiger partial charge in [-0.15, -0.1) is 0 Å². The average molecular weight is 465 g/mol. The Morgan fingerprint density at radius 3 is 2.56 bits per heavy atom. The van der Waals surface area contributed by atoms with Crippen molar-refractivity contribution in [2.24, 2.45) is 0 Å². The van der Waals surface area contributed by atoms with Crippen molar-refractivity contribution in [3.05, 3.63) is 70.8 Å². The van der Waals surface area contributed by atoms with Gasteiger partial charge >= 0.3 is 6.18 Å². The van der Waals surface area contributed by atoms with Crippen molar-refractivity contribution >= 4 is 15.8 Å². The lowest BCUT2D eigenvalue weighted by Gasteiger charge is -2.26. The Labute approximate surface area is 184 Å². The third-order valence-corrected chi connectivity index (χ3v) is 9.27. The fourth-order valence-electron chi connectivity index (χ4n) is 5.44. The molecule has 3 heterocycles. The molecule has 3 unspecified atom stereocenters. The maximum Gasteiger partial charge on any atom is 0.416 e. The number of sulfonamides is 1. The minimum atomic E-state index is -4.48. The first kappa shape index (κ1) is 21.6. The van der Waals surface area contributed by atoms with E-state index in [1.54, 1.807) is 12.1 Å². The average Bonchev–Trinajstić information content (AvgIpc) is 3.34. The van der Waals surface area contributed by atoms with Crippen LogP contribution in [0.25, 0.3) is 0 Å². The minimum Gasteiger partial charge on any atom is -0.368 e. The molecule has 0 N–H and O–H groups in total. The fraction of sp³-hybridized carbons (Fsp3) is 0.435. The molecule has 3 saturated heterocycles. The van der Waals surface area contributed by atoms with E-state index in [-0.39, 0.29) is 30.9 Å². The van der Waals surface area contributed by atoms with E-state index in [1.807, 2.05) is 12.1 Å². The number of carbonyl (C=O) groups is 1. The normalized spacial score (nSPS) is 31.1. The van der Waals surface area contributed by atoms with Crippen molar-refractivity contribution in [3.8, 4) is 0 Å². The molecule has 5 nitrogen and oxygen atoms in total. The van der Waals surface area contributed by atoms with Crippen LogP contribution in [0.4, 0.5) is 13.2 Å². The molecule has 3 fully saturated rings. The second-order valence-electron chi connectivity index (χ2n) is 8.95. The van der Waals surface area contributed by atoms with Crippen LogP contribution in [0.5, 0.6) is 0 Å². The Morgan fingerprint density at radius 1 is 1.19 bits per heavy atom. The number of fused-ring (bicyclic) bond motifs is 1. The molecule has 0 radical (unpaired) electrons. The smallest absolute Gasteiger partial charge is 0.368 e. The van der Waals surface area contributed by atoms with Crippen molar-refractivity contribution in [2.75, 3.05) is 6.54 Å². The fourth-order valence-corrected chi connectivity index (χ4v) is 7.73. The Kier molecular flexibility index (Phi) is 4.82. The molecule has 3 aliphatic rings. The molecule has 170 valence electrons. The van der Waals surface area contributed by atoms with Crippen LogP contribution >= 0.6 is 0 Å². The standard InChI is InChI=1S/C23H22F3NO4S/c1-14(28)16-5-7-17(8-6-16)19-11-22-13-27(32(29,30)21(22)10-20(19)31-22)12-15-3-2-4-18(9-15)23(24,25)26/h2-9,19-21H,10-13H2,1H3/t19?,20?,21?,22-/m0/s1. The number of nitrogens with zero attached hydrogens (tertiary/aromatic N) is 1. The molecule has 5 rings (SSSR count). The number of ether oxygens (including phenoxy) is 1. The number of benzene rings is 2. The molecule has 1 spiro atoms. The molecule has 2 bridgehead atoms. The number of rotatable bonds is 4. The Balaban J connectivity index is 1.37. The lowest BCUT2D eigenvalue weighted by atomic mass is 9.77. The lowest BCUT2D eigenvalue weighted by Crippen LogP contribution is -2.39. The van der Waals surface area contributed by atoms with Crippen LogP contribution in [0.3, 0.4) is 0 Å². The summed E-state index contributed by atoms with van der Waals surface area (Å²) in [5, 5.41) is -0.682. The summed E-state index contributed by atoms with van der Waals surface area (Å²) >= 11 is 0. The Bertz CT molecular complexity index is 1180. The van der Waals surface area contributed by atoms with Crippen molar-refractivity contribution in [2.45, 2.75) is 55.4 Å². The van der Waals surface area contributed by atoms with Crippen LogP contribution in [-0.4, -0.2) is 42.0 Å². The summed E-state index contributed by atoms with van der Waals surface area (Å²) < 4.78 is 73.0. The van der Waals surface area contributed by atoms with Crippen molar-refractivity contribution in [1.29, 1.82) is 0 Å². The van der Waals surface area contributed by atoms with Gasteiger partial charge in [0.15, 0.2) is 5.78 Å². The number of halogens is 3. The van der Waals surface area contributed by atoms with Crippen molar-refractivity contribution < 1.29 is 31.1 Å². The van der Waals surface area contributed by atoms with Gasteiger partial charge in [0.1, 0.15) is 10.9 Å². The van der Waals surface area contributed by atoms with E-state index in [2.05, 4.69) is 0 Å². The molecule has 2 aromatic rings. The van der Waals surface area contributed by atoms with Gasteiger partial charge in [-0.05, 0) is 37.0 Å². The highest BCUT2D eigenvalue weighted by atomic mass is 32.2. The van der Waals surface area contributed by atoms with E-state index in [1.165, 1.54) is 23.4 Å². The second kappa shape index (κ2) is 7.13. The third kappa shape index (κ3) is 3.38. The summed E-state index contributed by atoms with van der Waals surface area (Å²) in [6.07, 6.45) is -3.82. The molecule has 0 saturated carbocycles. The van der Waals surface area contributed by atoms with Crippen molar-refractivity contribution in [1.82, 2.24) is 4.31 Å². The summed E-state index contributed by atoms with van der Waals surface area (Å²) in [5.41, 5.74) is 0.269. The molecule has 3 aliphatic heterocycles. The van der Waals surface area contributed by atoms with Crippen LogP contribution in [0.2, 0.25) is 0 Å². The monoisotopic (exact) mass is 465 g/mol. The number of carbonyl (C=O) groups excluding carboxylic acids is 1. The van der Waals surface area contributed by atoms with Gasteiger partial charge in [-0.1, -0.05) is 42.5 Å². The number of hydrogen-bond acceptors (Lipinski definition) is 4. The van der Waals surface area contributed by atoms with Gasteiger partial charge in [-0.2, -0.15) is 17.5 Å². The molecule has 32 heavy (non-hydrogen) atoms. The van der Waals surface area contributed by atoms with E-state index < -0.39 is 32.6 Å². The van der Waals surface area contributed by atoms with E-state index in [0.717, 1.165) is 17.7 Å². The van der Waals surface area contributed by atoms with Gasteiger partial charge in [-0.3, -0.25) is 4.79 Å². The van der Waals surface area contributed by atoms with E-state index in [0.29, 0.717) is 24.0 Å². The van der Waals surface area contributed by atoms with Gasteiger partial charge in [0.2, 0.25) is 10.0 Å². The molecular formula is C23H22F3NO4S. The SMILES string of the molecule is CC(=O)c1ccc(C2C[C@]34CN(Cc5cccc(C(F)(F)F)c5)S(=O)(=O)C3CC2O4)cc1. The predicted molar refractivity (Wildman–Crippen MR) is 111 cm³/mol. The van der Waals surface area contributed by atoms with Crippen LogP contribution in [0.1, 0.15) is 52.7 Å². The predicted octanol–water partition coefficient (Wildman–Crippen LogP) is 4.14. The number of ketones is 1. The van der Waals surface area contributed by atoms with Crippen LogP contribution < -0.4 is 0 Å². The summed E-state index contributed by atoms with van der Waals surface area (Å²) in [6, 6.07) is 12.1. The largest absolute Gasteiger partial charge is 0.416 e. The summed E-state index contributed by atoms with van der Waals surface area (Å²) in [4.78, 5) is 11.5. The minimum absolute atomic E-state index is 0.0217. The number of Topliss-reactive ketones (excluding diaryl/α,β-unsaturated/α-hetero) is 1. The first-order chi connectivity index (χ1) is 15.0. The highest BCUT2D eigenvalue weighted by Gasteiger charge is 2.68. The van der Waals surface area contributed by atoms with Crippen molar-refractivity contribution in [3.63, 3.8) is 0 Å². The topological polar surface area (TPSA) is 63.7 Å². The molecule has 0 aliphatic carbocycles. The quantitative estimate of drug-likeness (QED) is 0.637. The first-order valence-electron chi connectivity index (χ1n) is 10.4. The van der Waals surface area contributed by atoms with Crippen LogP contribution in [0, 0.1) is 0 Å². The summed E-state index contributed by atoms with van der Waals surface area (Å²) in [5.74, 6) is 0.00230. The van der Waals surface area contributed by atoms with Crippen LogP contribution in [-0.2, 0) is 27.5 Å².